The zero-order valence-electron chi connectivity index (χ0n) is 11.3. The molecular weight excluding hydrogens is 258 g/mol. The molecule has 2 rings (SSSR count). The van der Waals surface area contributed by atoms with Gasteiger partial charge in [-0.25, -0.2) is 4.98 Å². The number of nitrogens with two attached hydrogens (primary N) is 1. The number of aromatic nitrogens is 1. The van der Waals surface area contributed by atoms with E-state index in [0.717, 1.165) is 28.3 Å². The van der Waals surface area contributed by atoms with E-state index in [4.69, 9.17) is 22.4 Å². The lowest BCUT2D eigenvalue weighted by Crippen LogP contribution is -2.11. The summed E-state index contributed by atoms with van der Waals surface area (Å²) in [6, 6.07) is 5.88. The Bertz CT molecular complexity index is 600. The molecule has 0 bridgehead atoms. The van der Waals surface area contributed by atoms with E-state index in [-0.39, 0.29) is 0 Å². The molecule has 1 aromatic carbocycles. The number of hydrogen-bond acceptors (Lipinski definition) is 4. The molecule has 0 aliphatic rings. The summed E-state index contributed by atoms with van der Waals surface area (Å²) in [4.78, 5) is 4.74. The van der Waals surface area contributed by atoms with Gasteiger partial charge in [0.25, 0.3) is 0 Å². The molecule has 0 fully saturated rings. The summed E-state index contributed by atoms with van der Waals surface area (Å²) in [5.74, 6) is 1.54. The highest BCUT2D eigenvalue weighted by Gasteiger charge is 2.06. The largest absolute Gasteiger partial charge is 0.444 e. The molecule has 0 amide bonds. The standard InChI is InChI=1S/C14H17N3OS/c1-8-6-11(4-5-12(8)14(15)19)16-7-13-17-9(2)10(3)18-13/h4-6,16H,7H2,1-3H3,(H2,15,19). The second kappa shape index (κ2) is 5.40. The summed E-state index contributed by atoms with van der Waals surface area (Å²) in [7, 11) is 0. The van der Waals surface area contributed by atoms with Crippen LogP contribution in [0.4, 0.5) is 5.69 Å². The fraction of sp³-hybridized carbons (Fsp3) is 0.286. The molecule has 0 aliphatic heterocycles. The van der Waals surface area contributed by atoms with Crippen LogP contribution in [0.3, 0.4) is 0 Å². The monoisotopic (exact) mass is 275 g/mol. The van der Waals surface area contributed by atoms with Crippen molar-refractivity contribution < 1.29 is 4.42 Å². The maximum atomic E-state index is 5.64. The molecule has 1 heterocycles. The first-order valence-corrected chi connectivity index (χ1v) is 6.45. The first-order valence-electron chi connectivity index (χ1n) is 6.04. The third kappa shape index (κ3) is 3.12. The smallest absolute Gasteiger partial charge is 0.213 e. The molecule has 100 valence electrons. The van der Waals surface area contributed by atoms with Crippen molar-refractivity contribution in [2.75, 3.05) is 5.32 Å². The predicted molar refractivity (Wildman–Crippen MR) is 80.4 cm³/mol. The molecule has 4 nitrogen and oxygen atoms in total. The van der Waals surface area contributed by atoms with Crippen molar-refractivity contribution in [3.63, 3.8) is 0 Å². The first-order chi connectivity index (χ1) is 8.97. The highest BCUT2D eigenvalue weighted by Crippen LogP contribution is 2.16. The van der Waals surface area contributed by atoms with E-state index in [1.807, 2.05) is 39.0 Å². The normalized spacial score (nSPS) is 10.5. The van der Waals surface area contributed by atoms with E-state index in [0.29, 0.717) is 17.4 Å². The fourth-order valence-electron chi connectivity index (χ4n) is 1.84. The Balaban J connectivity index is 2.08. The molecule has 0 saturated heterocycles. The summed E-state index contributed by atoms with van der Waals surface area (Å²) < 4.78 is 5.51. The average Bonchev–Trinajstić information content (AvgIpc) is 2.66. The molecule has 1 aromatic heterocycles. The number of nitrogens with one attached hydrogen (secondary N) is 1. The van der Waals surface area contributed by atoms with Crippen molar-refractivity contribution in [1.82, 2.24) is 4.98 Å². The second-order valence-electron chi connectivity index (χ2n) is 4.50. The summed E-state index contributed by atoms with van der Waals surface area (Å²) >= 11 is 4.98. The first kappa shape index (κ1) is 13.5. The van der Waals surface area contributed by atoms with Crippen molar-refractivity contribution in [2.24, 2.45) is 5.73 Å². The van der Waals surface area contributed by atoms with E-state index < -0.39 is 0 Å². The minimum Gasteiger partial charge on any atom is -0.444 e. The zero-order valence-corrected chi connectivity index (χ0v) is 12.1. The van der Waals surface area contributed by atoms with E-state index in [1.54, 1.807) is 0 Å². The molecule has 2 aromatic rings. The SMILES string of the molecule is Cc1cc(NCc2nc(C)c(C)o2)ccc1C(N)=S. The summed E-state index contributed by atoms with van der Waals surface area (Å²) in [6.07, 6.45) is 0. The Hall–Kier alpha value is -1.88. The molecule has 3 N–H and O–H groups in total. The Morgan fingerprint density at radius 3 is 2.63 bits per heavy atom. The molecule has 5 heteroatoms. The van der Waals surface area contributed by atoms with Crippen molar-refractivity contribution in [2.45, 2.75) is 27.3 Å². The van der Waals surface area contributed by atoms with Gasteiger partial charge in [-0.2, -0.15) is 0 Å². The number of aryl methyl sites for hydroxylation is 3. The topological polar surface area (TPSA) is 64.1 Å². The molecule has 0 saturated carbocycles. The molecule has 0 atom stereocenters. The summed E-state index contributed by atoms with van der Waals surface area (Å²) in [5, 5.41) is 3.27. The number of benzene rings is 1. The summed E-state index contributed by atoms with van der Waals surface area (Å²) in [5.41, 5.74) is 9.51. The van der Waals surface area contributed by atoms with Gasteiger partial charge in [-0.3, -0.25) is 0 Å². The van der Waals surface area contributed by atoms with Crippen LogP contribution in [0.2, 0.25) is 0 Å². The highest BCUT2D eigenvalue weighted by molar-refractivity contribution is 7.80. The van der Waals surface area contributed by atoms with Crippen LogP contribution in [0.15, 0.2) is 22.6 Å². The van der Waals surface area contributed by atoms with Crippen molar-refractivity contribution in [3.05, 3.63) is 46.7 Å². The van der Waals surface area contributed by atoms with Gasteiger partial charge in [-0.1, -0.05) is 12.2 Å². The maximum absolute atomic E-state index is 5.64. The zero-order chi connectivity index (χ0) is 14.0. The molecule has 0 radical (unpaired) electrons. The van der Waals surface area contributed by atoms with Gasteiger partial charge in [0.15, 0.2) is 0 Å². The number of thiocarbonyl (C=S) groups is 1. The molecule has 0 unspecified atom stereocenters. The van der Waals surface area contributed by atoms with Crippen LogP contribution in [0, 0.1) is 20.8 Å². The lowest BCUT2D eigenvalue weighted by Gasteiger charge is -2.08. The third-order valence-electron chi connectivity index (χ3n) is 3.01. The van der Waals surface area contributed by atoms with Gasteiger partial charge < -0.3 is 15.5 Å². The lowest BCUT2D eigenvalue weighted by atomic mass is 10.1. The van der Waals surface area contributed by atoms with Crippen molar-refractivity contribution in [3.8, 4) is 0 Å². The maximum Gasteiger partial charge on any atom is 0.213 e. The van der Waals surface area contributed by atoms with Gasteiger partial charge in [-0.05, 0) is 44.5 Å². The van der Waals surface area contributed by atoms with Gasteiger partial charge >= 0.3 is 0 Å². The highest BCUT2D eigenvalue weighted by atomic mass is 32.1. The van der Waals surface area contributed by atoms with Crippen LogP contribution in [0.25, 0.3) is 0 Å². The minimum atomic E-state index is 0.419. The van der Waals surface area contributed by atoms with E-state index in [1.165, 1.54) is 0 Å². The van der Waals surface area contributed by atoms with Crippen molar-refractivity contribution >= 4 is 22.9 Å². The van der Waals surface area contributed by atoms with Crippen LogP contribution < -0.4 is 11.1 Å². The van der Waals surface area contributed by atoms with Gasteiger partial charge in [-0.15, -0.1) is 0 Å². The number of oxazole rings is 1. The van der Waals surface area contributed by atoms with Crippen LogP contribution in [-0.4, -0.2) is 9.97 Å². The lowest BCUT2D eigenvalue weighted by molar-refractivity contribution is 0.478. The van der Waals surface area contributed by atoms with Crippen LogP contribution in [0.1, 0.15) is 28.5 Å². The van der Waals surface area contributed by atoms with Gasteiger partial charge in [0, 0.05) is 11.3 Å². The van der Waals surface area contributed by atoms with E-state index in [9.17, 15) is 0 Å². The number of hydrogen-bond donors (Lipinski definition) is 2. The predicted octanol–water partition coefficient (Wildman–Crippen LogP) is 2.85. The van der Waals surface area contributed by atoms with Crippen molar-refractivity contribution in [1.29, 1.82) is 0 Å². The Kier molecular flexibility index (Phi) is 3.85. The molecule has 19 heavy (non-hydrogen) atoms. The Morgan fingerprint density at radius 2 is 2.11 bits per heavy atom. The Morgan fingerprint density at radius 1 is 1.37 bits per heavy atom. The Labute approximate surface area is 118 Å². The number of nitrogens with zero attached hydrogens (tertiary/aromatic N) is 1. The van der Waals surface area contributed by atoms with Gasteiger partial charge in [0.1, 0.15) is 10.7 Å². The summed E-state index contributed by atoms with van der Waals surface area (Å²) in [6.45, 7) is 6.39. The van der Waals surface area contributed by atoms with Gasteiger partial charge in [0.05, 0.1) is 12.2 Å². The van der Waals surface area contributed by atoms with Crippen LogP contribution in [-0.2, 0) is 6.54 Å². The minimum absolute atomic E-state index is 0.419. The van der Waals surface area contributed by atoms with Gasteiger partial charge in [0.2, 0.25) is 5.89 Å². The fourth-order valence-corrected chi connectivity index (χ4v) is 2.07. The molecule has 0 aliphatic carbocycles. The van der Waals surface area contributed by atoms with E-state index in [2.05, 4.69) is 10.3 Å². The average molecular weight is 275 g/mol. The number of rotatable bonds is 4. The molecule has 0 spiro atoms. The number of anilines is 1. The quantitative estimate of drug-likeness (QED) is 0.840. The van der Waals surface area contributed by atoms with Crippen LogP contribution in [0.5, 0.6) is 0 Å². The van der Waals surface area contributed by atoms with E-state index >= 15 is 0 Å². The third-order valence-corrected chi connectivity index (χ3v) is 3.23. The molecular formula is C14H17N3OS. The second-order valence-corrected chi connectivity index (χ2v) is 4.94. The van der Waals surface area contributed by atoms with Crippen LogP contribution >= 0.6 is 12.2 Å².